The first kappa shape index (κ1) is 25.5. The fourth-order valence-corrected chi connectivity index (χ4v) is 5.00. The topological polar surface area (TPSA) is 134 Å². The van der Waals surface area contributed by atoms with Crippen molar-refractivity contribution in [2.45, 2.75) is 37.5 Å². The number of halogens is 1. The number of benzene rings is 2. The first-order chi connectivity index (χ1) is 18.3. The Morgan fingerprint density at radius 1 is 1.08 bits per heavy atom. The van der Waals surface area contributed by atoms with E-state index in [1.807, 2.05) is 0 Å². The minimum absolute atomic E-state index is 0.109. The molecule has 2 aliphatic rings. The molecule has 4 amide bonds. The Labute approximate surface area is 222 Å². The fraction of sp³-hybridized carbons (Fsp3) is 0.259. The predicted octanol–water partition coefficient (Wildman–Crippen LogP) is 2.93. The van der Waals surface area contributed by atoms with Crippen LogP contribution in [-0.4, -0.2) is 58.3 Å². The van der Waals surface area contributed by atoms with Crippen LogP contribution in [0, 0.1) is 6.42 Å². The highest BCUT2D eigenvalue weighted by atomic mass is 32.1. The van der Waals surface area contributed by atoms with Crippen LogP contribution in [0.2, 0.25) is 0 Å². The molecule has 1 saturated heterocycles. The average molecular weight is 535 g/mol. The molecule has 1 aliphatic carbocycles. The van der Waals surface area contributed by atoms with E-state index in [1.54, 1.807) is 47.8 Å². The van der Waals surface area contributed by atoms with Gasteiger partial charge in [-0.25, -0.2) is 9.37 Å². The van der Waals surface area contributed by atoms with E-state index < -0.39 is 29.9 Å². The van der Waals surface area contributed by atoms with Gasteiger partial charge >= 0.3 is 0 Å². The first-order valence-electron chi connectivity index (χ1n) is 12.1. The Bertz CT molecular complexity index is 1390. The highest BCUT2D eigenvalue weighted by Crippen LogP contribution is 2.28. The molecule has 2 aromatic carbocycles. The van der Waals surface area contributed by atoms with Gasteiger partial charge in [-0.2, -0.15) is 0 Å². The van der Waals surface area contributed by atoms with Crippen molar-refractivity contribution in [1.82, 2.24) is 15.2 Å². The first-order valence-corrected chi connectivity index (χ1v) is 13.0. The molecule has 1 aromatic heterocycles. The number of carbonyl (C=O) groups excluding carboxylic acids is 4. The molecule has 4 N–H and O–H groups in total. The van der Waals surface area contributed by atoms with E-state index in [4.69, 9.17) is 5.73 Å². The number of rotatable bonds is 8. The highest BCUT2D eigenvalue weighted by Gasteiger charge is 2.40. The number of likely N-dealkylation sites (tertiary alicyclic amines) is 1. The molecule has 1 radical (unpaired) electrons. The van der Waals surface area contributed by atoms with Crippen molar-refractivity contribution >= 4 is 40.1 Å². The van der Waals surface area contributed by atoms with Crippen molar-refractivity contribution in [2.24, 2.45) is 5.73 Å². The smallest absolute Gasteiger partial charge is 0.251 e. The van der Waals surface area contributed by atoms with Gasteiger partial charge in [-0.05, 0) is 36.6 Å². The Hall–Kier alpha value is -4.12. The molecule has 1 aliphatic heterocycles. The maximum absolute atomic E-state index is 14.3. The lowest BCUT2D eigenvalue weighted by atomic mass is 10.0. The molecule has 2 fully saturated rings. The number of nitrogens with one attached hydrogen (secondary N) is 2. The van der Waals surface area contributed by atoms with E-state index in [-0.39, 0.29) is 30.5 Å². The molecule has 195 valence electrons. The molecular weight excluding hydrogens is 509 g/mol. The van der Waals surface area contributed by atoms with Gasteiger partial charge in [-0.3, -0.25) is 19.2 Å². The molecule has 0 unspecified atom stereocenters. The summed E-state index contributed by atoms with van der Waals surface area (Å²) in [5.74, 6) is -1.95. The molecule has 2 atom stereocenters. The highest BCUT2D eigenvalue weighted by molar-refractivity contribution is 7.14. The van der Waals surface area contributed by atoms with Crippen LogP contribution in [0.15, 0.2) is 53.9 Å². The lowest BCUT2D eigenvalue weighted by Crippen LogP contribution is -2.43. The van der Waals surface area contributed by atoms with Crippen molar-refractivity contribution in [3.63, 3.8) is 0 Å². The van der Waals surface area contributed by atoms with Crippen molar-refractivity contribution in [3.05, 3.63) is 77.0 Å². The van der Waals surface area contributed by atoms with E-state index in [2.05, 4.69) is 15.6 Å². The van der Waals surface area contributed by atoms with Crippen LogP contribution < -0.4 is 16.4 Å². The number of carbonyl (C=O) groups is 4. The van der Waals surface area contributed by atoms with E-state index in [0.717, 1.165) is 23.3 Å². The number of hydrogen-bond donors (Lipinski definition) is 3. The summed E-state index contributed by atoms with van der Waals surface area (Å²) in [4.78, 5) is 55.4. The second kappa shape index (κ2) is 10.7. The Kier molecular flexibility index (Phi) is 7.19. The summed E-state index contributed by atoms with van der Waals surface area (Å²) in [6.07, 6.45) is 1.70. The number of hydrogen-bond acceptors (Lipinski definition) is 6. The molecule has 9 nitrogen and oxygen atoms in total. The maximum atomic E-state index is 14.3. The van der Waals surface area contributed by atoms with Gasteiger partial charge in [-0.15, -0.1) is 11.3 Å². The van der Waals surface area contributed by atoms with Gasteiger partial charge in [0.15, 0.2) is 5.13 Å². The van der Waals surface area contributed by atoms with Gasteiger partial charge < -0.3 is 21.3 Å². The quantitative estimate of drug-likeness (QED) is 0.409. The third-order valence-corrected chi connectivity index (χ3v) is 7.19. The monoisotopic (exact) mass is 534 g/mol. The van der Waals surface area contributed by atoms with Crippen LogP contribution in [0.3, 0.4) is 0 Å². The van der Waals surface area contributed by atoms with Crippen molar-refractivity contribution in [2.75, 3.05) is 11.9 Å². The lowest BCUT2D eigenvalue weighted by Gasteiger charge is -2.23. The van der Waals surface area contributed by atoms with Gasteiger partial charge in [0.1, 0.15) is 12.2 Å². The molecular formula is C27H25FN5O4S. The molecule has 11 heteroatoms. The Morgan fingerprint density at radius 3 is 2.53 bits per heavy atom. The number of anilines is 1. The zero-order valence-corrected chi connectivity index (χ0v) is 21.0. The zero-order valence-electron chi connectivity index (χ0n) is 20.2. The second-order valence-electron chi connectivity index (χ2n) is 9.29. The largest absolute Gasteiger partial charge is 0.366 e. The number of primary amides is 1. The van der Waals surface area contributed by atoms with E-state index in [0.29, 0.717) is 22.0 Å². The second-order valence-corrected chi connectivity index (χ2v) is 10.1. The van der Waals surface area contributed by atoms with Gasteiger partial charge in [0.2, 0.25) is 17.7 Å². The summed E-state index contributed by atoms with van der Waals surface area (Å²) in [6, 6.07) is 12.6. The number of aromatic nitrogens is 1. The van der Waals surface area contributed by atoms with E-state index >= 15 is 0 Å². The van der Waals surface area contributed by atoms with Crippen molar-refractivity contribution < 1.29 is 23.6 Å². The number of thiazole rings is 1. The van der Waals surface area contributed by atoms with E-state index in [9.17, 15) is 23.6 Å². The molecule has 5 rings (SSSR count). The Balaban J connectivity index is 1.23. The third kappa shape index (κ3) is 5.72. The maximum Gasteiger partial charge on any atom is 0.251 e. The van der Waals surface area contributed by atoms with Crippen LogP contribution in [-0.2, 0) is 9.59 Å². The van der Waals surface area contributed by atoms with Gasteiger partial charge in [0.05, 0.1) is 18.7 Å². The van der Waals surface area contributed by atoms with Crippen LogP contribution in [0.25, 0.3) is 11.3 Å². The summed E-state index contributed by atoms with van der Waals surface area (Å²) in [5.41, 5.74) is 7.78. The predicted molar refractivity (Wildman–Crippen MR) is 140 cm³/mol. The van der Waals surface area contributed by atoms with Crippen molar-refractivity contribution in [1.29, 1.82) is 0 Å². The minimum Gasteiger partial charge on any atom is -0.366 e. The SMILES string of the molecule is NC(=O)c1ccccc1[CH]C(=O)N1C[C@@H](F)C[C@H]1C(=O)Nc1nc(-c2ccc(C(=O)NC3CC3)cc2)cs1. The summed E-state index contributed by atoms with van der Waals surface area (Å²) in [6.45, 7) is -0.240. The molecule has 38 heavy (non-hydrogen) atoms. The molecule has 2 heterocycles. The number of alkyl halides is 1. The van der Waals surface area contributed by atoms with Gasteiger partial charge in [0, 0.05) is 34.5 Å². The number of nitrogens with two attached hydrogens (primary N) is 1. The number of amides is 4. The standard InChI is InChI=1S/C27H25FN5O4S/c28-18-12-22(33(13-18)23(34)11-17-3-1-2-4-20(17)24(29)35)26(37)32-27-31-21(14-38-27)15-5-7-16(8-6-15)25(36)30-19-9-10-19/h1-8,11,14,18-19,22H,9-10,12-13H2,(H2,29,35)(H,30,36)(H,31,32,37)/t18-,22-/m0/s1. The lowest BCUT2D eigenvalue weighted by molar-refractivity contribution is -0.133. The summed E-state index contributed by atoms with van der Waals surface area (Å²) < 4.78 is 14.3. The van der Waals surface area contributed by atoms with E-state index in [1.165, 1.54) is 23.8 Å². The van der Waals surface area contributed by atoms with Crippen LogP contribution in [0.5, 0.6) is 0 Å². The number of nitrogens with zero attached hydrogens (tertiary/aromatic N) is 2. The van der Waals surface area contributed by atoms with Crippen molar-refractivity contribution in [3.8, 4) is 11.3 Å². The average Bonchev–Trinajstić information content (AvgIpc) is 3.43. The van der Waals surface area contributed by atoms with Crippen LogP contribution in [0.4, 0.5) is 9.52 Å². The fourth-order valence-electron chi connectivity index (χ4n) is 4.28. The molecule has 1 saturated carbocycles. The van der Waals surface area contributed by atoms with Crippen LogP contribution >= 0.6 is 11.3 Å². The van der Waals surface area contributed by atoms with Gasteiger partial charge in [-0.1, -0.05) is 30.3 Å². The van der Waals surface area contributed by atoms with Gasteiger partial charge in [0.25, 0.3) is 5.91 Å². The molecule has 3 aromatic rings. The molecule has 0 spiro atoms. The normalized spacial score (nSPS) is 18.7. The summed E-state index contributed by atoms with van der Waals surface area (Å²) >= 11 is 1.20. The summed E-state index contributed by atoms with van der Waals surface area (Å²) in [7, 11) is 0. The summed E-state index contributed by atoms with van der Waals surface area (Å²) in [5, 5.41) is 7.69. The minimum atomic E-state index is -1.36. The van der Waals surface area contributed by atoms with Crippen LogP contribution in [0.1, 0.15) is 45.5 Å². The zero-order chi connectivity index (χ0) is 26.8. The molecule has 0 bridgehead atoms. The third-order valence-electron chi connectivity index (χ3n) is 6.43. The Morgan fingerprint density at radius 2 is 1.82 bits per heavy atom.